The Kier molecular flexibility index (Phi) is 8.13. The van der Waals surface area contributed by atoms with Crippen molar-refractivity contribution in [1.29, 1.82) is 0 Å². The van der Waals surface area contributed by atoms with Crippen LogP contribution < -0.4 is 5.32 Å². The van der Waals surface area contributed by atoms with Gasteiger partial charge in [-0.15, -0.1) is 0 Å². The van der Waals surface area contributed by atoms with Crippen LogP contribution in [-0.4, -0.2) is 51.5 Å². The molecule has 0 unspecified atom stereocenters. The van der Waals surface area contributed by atoms with Crippen molar-refractivity contribution in [2.75, 3.05) is 32.8 Å². The lowest BCUT2D eigenvalue weighted by Gasteiger charge is -2.26. The molecule has 2 aromatic rings. The lowest BCUT2D eigenvalue weighted by Crippen LogP contribution is -2.40. The molecular weight excluding hydrogens is 447 g/mol. The first kappa shape index (κ1) is 23.0. The van der Waals surface area contributed by atoms with Crippen molar-refractivity contribution in [3.05, 3.63) is 63.6 Å². The quantitative estimate of drug-likeness (QED) is 0.641. The van der Waals surface area contributed by atoms with Crippen LogP contribution in [0.15, 0.2) is 47.4 Å². The molecule has 0 bridgehead atoms. The molecule has 1 amide bonds. The molecule has 162 valence electrons. The molecule has 1 N–H and O–H groups in total. The zero-order valence-corrected chi connectivity index (χ0v) is 18.8. The number of nitrogens with one attached hydrogen (secondary N) is 1. The van der Waals surface area contributed by atoms with Gasteiger partial charge in [0.15, 0.2) is 0 Å². The maximum Gasteiger partial charge on any atom is 0.243 e. The highest BCUT2D eigenvalue weighted by Crippen LogP contribution is 2.25. The van der Waals surface area contributed by atoms with Gasteiger partial charge in [-0.05, 0) is 42.2 Å². The molecule has 0 aromatic heterocycles. The normalized spacial score (nSPS) is 15.1. The molecule has 6 nitrogen and oxygen atoms in total. The average Bonchev–Trinajstić information content (AvgIpc) is 2.76. The maximum atomic E-state index is 12.6. The van der Waals surface area contributed by atoms with Crippen molar-refractivity contribution in [2.24, 2.45) is 0 Å². The lowest BCUT2D eigenvalue weighted by atomic mass is 10.1. The van der Waals surface area contributed by atoms with Crippen molar-refractivity contribution in [3.63, 3.8) is 0 Å². The first-order valence-corrected chi connectivity index (χ1v) is 11.9. The number of sulfonamides is 1. The predicted octanol–water partition coefficient (Wildman–Crippen LogP) is 3.31. The number of amides is 1. The van der Waals surface area contributed by atoms with Crippen LogP contribution in [0.3, 0.4) is 0 Å². The highest BCUT2D eigenvalue weighted by molar-refractivity contribution is 7.89. The van der Waals surface area contributed by atoms with Gasteiger partial charge in [-0.1, -0.05) is 47.5 Å². The van der Waals surface area contributed by atoms with E-state index in [-0.39, 0.29) is 10.8 Å². The second kappa shape index (κ2) is 10.6. The molecule has 0 saturated carbocycles. The van der Waals surface area contributed by atoms with E-state index in [1.807, 2.05) is 12.1 Å². The Bertz CT molecular complexity index is 975. The monoisotopic (exact) mass is 470 g/mol. The van der Waals surface area contributed by atoms with E-state index in [0.29, 0.717) is 62.2 Å². The molecule has 0 atom stereocenters. The average molecular weight is 471 g/mol. The Balaban J connectivity index is 1.46. The number of morpholine rings is 1. The second-order valence-corrected chi connectivity index (χ2v) is 9.70. The molecule has 1 aliphatic rings. The third-order valence-electron chi connectivity index (χ3n) is 4.92. The second-order valence-electron chi connectivity index (χ2n) is 6.97. The molecule has 0 aliphatic carbocycles. The number of benzene rings is 2. The Labute approximate surface area is 187 Å². The van der Waals surface area contributed by atoms with Crippen LogP contribution in [-0.2, 0) is 32.4 Å². The van der Waals surface area contributed by atoms with Crippen LogP contribution in [0.1, 0.15) is 17.5 Å². The van der Waals surface area contributed by atoms with E-state index in [9.17, 15) is 13.2 Å². The van der Waals surface area contributed by atoms with Crippen LogP contribution >= 0.6 is 23.2 Å². The van der Waals surface area contributed by atoms with Crippen molar-refractivity contribution >= 4 is 39.1 Å². The van der Waals surface area contributed by atoms with Gasteiger partial charge < -0.3 is 10.1 Å². The summed E-state index contributed by atoms with van der Waals surface area (Å²) in [6.07, 6.45) is 1.44. The van der Waals surface area contributed by atoms with Crippen molar-refractivity contribution < 1.29 is 17.9 Å². The summed E-state index contributed by atoms with van der Waals surface area (Å²) in [7, 11) is -3.50. The van der Waals surface area contributed by atoms with E-state index in [2.05, 4.69) is 5.32 Å². The number of carbonyl (C=O) groups is 1. The molecule has 1 saturated heterocycles. The number of rotatable bonds is 8. The number of carbonyl (C=O) groups excluding carboxylic acids is 1. The van der Waals surface area contributed by atoms with Crippen LogP contribution in [0.2, 0.25) is 10.0 Å². The van der Waals surface area contributed by atoms with Gasteiger partial charge in [0, 0.05) is 26.1 Å². The van der Waals surface area contributed by atoms with Gasteiger partial charge in [0.05, 0.1) is 28.2 Å². The minimum absolute atomic E-state index is 0.0711. The molecule has 1 heterocycles. The minimum atomic E-state index is -3.50. The fourth-order valence-electron chi connectivity index (χ4n) is 3.19. The third-order valence-corrected chi connectivity index (χ3v) is 7.69. The summed E-state index contributed by atoms with van der Waals surface area (Å²) in [5.41, 5.74) is 1.80. The summed E-state index contributed by atoms with van der Waals surface area (Å²) in [5, 5.41) is 3.89. The zero-order chi connectivity index (χ0) is 21.6. The predicted molar refractivity (Wildman–Crippen MR) is 118 cm³/mol. The van der Waals surface area contributed by atoms with Gasteiger partial charge in [0.25, 0.3) is 0 Å². The minimum Gasteiger partial charge on any atom is -0.379 e. The van der Waals surface area contributed by atoms with Gasteiger partial charge >= 0.3 is 0 Å². The Morgan fingerprint density at radius 3 is 2.43 bits per heavy atom. The van der Waals surface area contributed by atoms with Crippen molar-refractivity contribution in [2.45, 2.75) is 24.2 Å². The molecule has 0 radical (unpaired) electrons. The number of hydrogen-bond donors (Lipinski definition) is 1. The van der Waals surface area contributed by atoms with Gasteiger partial charge in [-0.3, -0.25) is 4.79 Å². The zero-order valence-electron chi connectivity index (χ0n) is 16.4. The number of nitrogens with zero attached hydrogens (tertiary/aromatic N) is 1. The molecule has 0 spiro atoms. The molecular formula is C21H24Cl2N2O4S. The summed E-state index contributed by atoms with van der Waals surface area (Å²) in [6.45, 7) is 2.02. The topological polar surface area (TPSA) is 75.7 Å². The van der Waals surface area contributed by atoms with Crippen LogP contribution in [0.5, 0.6) is 0 Å². The smallest absolute Gasteiger partial charge is 0.243 e. The number of aryl methyl sites for hydroxylation is 1. The largest absolute Gasteiger partial charge is 0.379 e. The number of ether oxygens (including phenoxy) is 1. The molecule has 1 aliphatic heterocycles. The van der Waals surface area contributed by atoms with Gasteiger partial charge in [0.1, 0.15) is 0 Å². The molecule has 3 rings (SSSR count). The van der Waals surface area contributed by atoms with E-state index >= 15 is 0 Å². The Morgan fingerprint density at radius 1 is 1.03 bits per heavy atom. The first-order valence-electron chi connectivity index (χ1n) is 9.74. The maximum absolute atomic E-state index is 12.6. The lowest BCUT2D eigenvalue weighted by molar-refractivity contribution is -0.121. The number of halogens is 2. The summed E-state index contributed by atoms with van der Waals surface area (Å²) in [4.78, 5) is 12.4. The summed E-state index contributed by atoms with van der Waals surface area (Å²) in [6, 6.07) is 12.1. The van der Waals surface area contributed by atoms with Crippen LogP contribution in [0.25, 0.3) is 0 Å². The SMILES string of the molecule is O=C(CCc1ccc(S(=O)(=O)N2CCOCC2)cc1)NCCc1cccc(Cl)c1Cl. The van der Waals surface area contributed by atoms with Gasteiger partial charge in [-0.2, -0.15) is 4.31 Å². The van der Waals surface area contributed by atoms with E-state index in [0.717, 1.165) is 11.1 Å². The number of hydrogen-bond acceptors (Lipinski definition) is 4. The fraction of sp³-hybridized carbons (Fsp3) is 0.381. The molecule has 9 heteroatoms. The van der Waals surface area contributed by atoms with Crippen LogP contribution in [0, 0.1) is 0 Å². The van der Waals surface area contributed by atoms with E-state index < -0.39 is 10.0 Å². The molecule has 30 heavy (non-hydrogen) atoms. The van der Waals surface area contributed by atoms with E-state index in [1.54, 1.807) is 30.3 Å². The Morgan fingerprint density at radius 2 is 1.73 bits per heavy atom. The van der Waals surface area contributed by atoms with Gasteiger partial charge in [-0.25, -0.2) is 8.42 Å². The third kappa shape index (κ3) is 5.95. The Hall–Kier alpha value is -1.64. The van der Waals surface area contributed by atoms with Crippen molar-refractivity contribution in [3.8, 4) is 0 Å². The fourth-order valence-corrected chi connectivity index (χ4v) is 5.01. The first-order chi connectivity index (χ1) is 14.4. The van der Waals surface area contributed by atoms with Gasteiger partial charge in [0.2, 0.25) is 15.9 Å². The summed E-state index contributed by atoms with van der Waals surface area (Å²) < 4.78 is 31.9. The van der Waals surface area contributed by atoms with E-state index in [4.69, 9.17) is 27.9 Å². The highest BCUT2D eigenvalue weighted by Gasteiger charge is 2.26. The highest BCUT2D eigenvalue weighted by atomic mass is 35.5. The van der Waals surface area contributed by atoms with Crippen LogP contribution in [0.4, 0.5) is 0 Å². The van der Waals surface area contributed by atoms with E-state index in [1.165, 1.54) is 4.31 Å². The summed E-state index contributed by atoms with van der Waals surface area (Å²) >= 11 is 12.1. The standard InChI is InChI=1S/C21H24Cl2N2O4S/c22-19-3-1-2-17(21(19)23)10-11-24-20(26)9-6-16-4-7-18(8-5-16)30(27,28)25-12-14-29-15-13-25/h1-5,7-8H,6,9-15H2,(H,24,26). The molecule has 1 fully saturated rings. The van der Waals surface area contributed by atoms with Crippen molar-refractivity contribution in [1.82, 2.24) is 9.62 Å². The summed E-state index contributed by atoms with van der Waals surface area (Å²) in [5.74, 6) is -0.0711. The molecule has 2 aromatic carbocycles.